The van der Waals surface area contributed by atoms with Crippen LogP contribution in [-0.4, -0.2) is 17.2 Å². The van der Waals surface area contributed by atoms with Gasteiger partial charge in [0.05, 0.1) is 17.3 Å². The maximum absolute atomic E-state index is 9.78. The van der Waals surface area contributed by atoms with Gasteiger partial charge in [0.1, 0.15) is 5.75 Å². The molecule has 0 atom stereocenters. The second-order valence-corrected chi connectivity index (χ2v) is 4.01. The van der Waals surface area contributed by atoms with Gasteiger partial charge in [-0.25, -0.2) is 4.98 Å². The topological polar surface area (TPSA) is 42.4 Å². The number of aromatic nitrogens is 1. The summed E-state index contributed by atoms with van der Waals surface area (Å²) in [6.07, 6.45) is 0. The van der Waals surface area contributed by atoms with Crippen molar-refractivity contribution in [2.75, 3.05) is 7.11 Å². The van der Waals surface area contributed by atoms with Gasteiger partial charge < -0.3 is 9.84 Å². The lowest BCUT2D eigenvalue weighted by molar-refractivity contribution is 0.402. The molecule has 0 amide bonds. The van der Waals surface area contributed by atoms with Gasteiger partial charge in [0, 0.05) is 10.8 Å². The maximum Gasteiger partial charge on any atom is 0.221 e. The molecule has 2 rings (SSSR count). The molecular weight excluding hydrogens is 258 g/mol. The van der Waals surface area contributed by atoms with Crippen molar-refractivity contribution in [2.24, 2.45) is 0 Å². The van der Waals surface area contributed by atoms with Gasteiger partial charge in [-0.15, -0.1) is 0 Å². The van der Waals surface area contributed by atoms with Gasteiger partial charge in [-0.1, -0.05) is 6.07 Å². The van der Waals surface area contributed by atoms with Crippen LogP contribution in [0.2, 0.25) is 0 Å². The van der Waals surface area contributed by atoms with Crippen LogP contribution in [0.1, 0.15) is 5.69 Å². The number of nitrogens with zero attached hydrogens (tertiary/aromatic N) is 1. The van der Waals surface area contributed by atoms with Gasteiger partial charge in [0.25, 0.3) is 0 Å². The predicted molar refractivity (Wildman–Crippen MR) is 62.4 cm³/mol. The third-order valence-corrected chi connectivity index (χ3v) is 3.24. The lowest BCUT2D eigenvalue weighted by atomic mass is 10.1. The Labute approximate surface area is 95.8 Å². The Morgan fingerprint density at radius 2 is 2.13 bits per heavy atom. The van der Waals surface area contributed by atoms with E-state index in [9.17, 15) is 5.11 Å². The second-order valence-electron chi connectivity index (χ2n) is 3.22. The normalized spacial score (nSPS) is 10.6. The molecule has 78 valence electrons. The number of phenolic OH excluding ortho intramolecular Hbond substituents is 1. The van der Waals surface area contributed by atoms with E-state index >= 15 is 0 Å². The maximum atomic E-state index is 9.78. The van der Waals surface area contributed by atoms with Crippen molar-refractivity contribution in [3.05, 3.63) is 28.4 Å². The monoisotopic (exact) mass is 267 g/mol. The van der Waals surface area contributed by atoms with Crippen molar-refractivity contribution >= 4 is 26.7 Å². The van der Waals surface area contributed by atoms with Crippen molar-refractivity contribution in [3.8, 4) is 11.6 Å². The lowest BCUT2D eigenvalue weighted by Gasteiger charge is -2.09. The summed E-state index contributed by atoms with van der Waals surface area (Å²) in [6.45, 7) is 1.86. The van der Waals surface area contributed by atoms with E-state index in [0.717, 1.165) is 20.9 Å². The summed E-state index contributed by atoms with van der Waals surface area (Å²) < 4.78 is 5.98. The van der Waals surface area contributed by atoms with E-state index in [0.29, 0.717) is 5.88 Å². The predicted octanol–water partition coefficient (Wildman–Crippen LogP) is 3.02. The molecule has 0 spiro atoms. The van der Waals surface area contributed by atoms with Gasteiger partial charge in [-0.3, -0.25) is 0 Å². The highest BCUT2D eigenvalue weighted by Gasteiger charge is 2.12. The van der Waals surface area contributed by atoms with E-state index < -0.39 is 0 Å². The lowest BCUT2D eigenvalue weighted by Crippen LogP contribution is -1.93. The highest BCUT2D eigenvalue weighted by atomic mass is 79.9. The molecule has 0 saturated carbocycles. The van der Waals surface area contributed by atoms with Gasteiger partial charge in [-0.2, -0.15) is 0 Å². The number of hydrogen-bond acceptors (Lipinski definition) is 3. The average Bonchev–Trinajstić information content (AvgIpc) is 2.23. The summed E-state index contributed by atoms with van der Waals surface area (Å²) in [5, 5.41) is 11.3. The van der Waals surface area contributed by atoms with Crippen LogP contribution in [0.25, 0.3) is 10.8 Å². The Morgan fingerprint density at radius 3 is 2.80 bits per heavy atom. The van der Waals surface area contributed by atoms with Crippen LogP contribution in [0.4, 0.5) is 0 Å². The molecule has 1 aromatic carbocycles. The molecule has 0 fully saturated rings. The molecule has 1 heterocycles. The van der Waals surface area contributed by atoms with Crippen LogP contribution in [0, 0.1) is 6.92 Å². The molecule has 0 radical (unpaired) electrons. The molecule has 3 nitrogen and oxygen atoms in total. The van der Waals surface area contributed by atoms with Crippen LogP contribution in [0.5, 0.6) is 11.6 Å². The largest absolute Gasteiger partial charge is 0.507 e. The Hall–Kier alpha value is -1.29. The van der Waals surface area contributed by atoms with Crippen molar-refractivity contribution in [1.29, 1.82) is 0 Å². The van der Waals surface area contributed by atoms with Crippen molar-refractivity contribution < 1.29 is 9.84 Å². The minimum absolute atomic E-state index is 0.225. The summed E-state index contributed by atoms with van der Waals surface area (Å²) in [6, 6.07) is 5.28. The number of halogens is 1. The van der Waals surface area contributed by atoms with Gasteiger partial charge >= 0.3 is 0 Å². The standard InChI is InChI=1S/C11H10BrNO2/c1-6-10(12)9-7(11(13-6)15-2)4-3-5-8(9)14/h3-5,14H,1-2H3. The summed E-state index contributed by atoms with van der Waals surface area (Å²) in [5.41, 5.74) is 0.792. The minimum Gasteiger partial charge on any atom is -0.507 e. The van der Waals surface area contributed by atoms with Crippen LogP contribution in [-0.2, 0) is 0 Å². The van der Waals surface area contributed by atoms with Crippen LogP contribution < -0.4 is 4.74 Å². The zero-order chi connectivity index (χ0) is 11.0. The first kappa shape index (κ1) is 10.2. The number of aromatic hydroxyl groups is 1. The van der Waals surface area contributed by atoms with E-state index in [4.69, 9.17) is 4.74 Å². The molecule has 0 aliphatic rings. The number of rotatable bonds is 1. The number of benzene rings is 1. The Kier molecular flexibility index (Phi) is 2.52. The highest BCUT2D eigenvalue weighted by Crippen LogP contribution is 2.37. The molecule has 4 heteroatoms. The van der Waals surface area contributed by atoms with Gasteiger partial charge in [0.15, 0.2) is 0 Å². The first-order valence-electron chi connectivity index (χ1n) is 4.47. The fourth-order valence-electron chi connectivity index (χ4n) is 1.55. The van der Waals surface area contributed by atoms with Gasteiger partial charge in [0.2, 0.25) is 5.88 Å². The van der Waals surface area contributed by atoms with Crippen molar-refractivity contribution in [1.82, 2.24) is 4.98 Å². The van der Waals surface area contributed by atoms with Crippen LogP contribution in [0.15, 0.2) is 22.7 Å². The Bertz CT molecular complexity index is 525. The SMILES string of the molecule is COc1nc(C)c(Br)c2c(O)cccc12. The minimum atomic E-state index is 0.225. The van der Waals surface area contributed by atoms with Crippen LogP contribution >= 0.6 is 15.9 Å². The summed E-state index contributed by atoms with van der Waals surface area (Å²) in [5.74, 6) is 0.754. The third-order valence-electron chi connectivity index (χ3n) is 2.27. The van der Waals surface area contributed by atoms with Crippen molar-refractivity contribution in [3.63, 3.8) is 0 Å². The molecule has 1 aromatic heterocycles. The summed E-state index contributed by atoms with van der Waals surface area (Å²) in [4.78, 5) is 4.28. The number of aryl methyl sites for hydroxylation is 1. The first-order chi connectivity index (χ1) is 7.15. The molecular formula is C11H10BrNO2. The fourth-order valence-corrected chi connectivity index (χ4v) is 2.05. The Morgan fingerprint density at radius 1 is 1.40 bits per heavy atom. The highest BCUT2D eigenvalue weighted by molar-refractivity contribution is 9.10. The smallest absolute Gasteiger partial charge is 0.221 e. The number of methoxy groups -OCH3 is 1. The molecule has 15 heavy (non-hydrogen) atoms. The molecule has 2 aromatic rings. The van der Waals surface area contributed by atoms with Crippen molar-refractivity contribution in [2.45, 2.75) is 6.92 Å². The summed E-state index contributed by atoms with van der Waals surface area (Å²) in [7, 11) is 1.57. The summed E-state index contributed by atoms with van der Waals surface area (Å²) >= 11 is 3.42. The zero-order valence-electron chi connectivity index (χ0n) is 8.41. The third kappa shape index (κ3) is 1.55. The second kappa shape index (κ2) is 3.70. The number of fused-ring (bicyclic) bond motifs is 1. The number of pyridine rings is 1. The van der Waals surface area contributed by atoms with E-state index in [2.05, 4.69) is 20.9 Å². The van der Waals surface area contributed by atoms with E-state index in [1.54, 1.807) is 19.2 Å². The molecule has 0 bridgehead atoms. The molecule has 1 N–H and O–H groups in total. The number of phenols is 1. The quantitative estimate of drug-likeness (QED) is 0.864. The Balaban J connectivity index is 2.96. The molecule has 0 aliphatic heterocycles. The number of hydrogen-bond donors (Lipinski definition) is 1. The molecule has 0 saturated heterocycles. The van der Waals surface area contributed by atoms with E-state index in [1.165, 1.54) is 0 Å². The van der Waals surface area contributed by atoms with E-state index in [-0.39, 0.29) is 5.75 Å². The molecule has 0 aliphatic carbocycles. The molecule has 0 unspecified atom stereocenters. The fraction of sp³-hybridized carbons (Fsp3) is 0.182. The van der Waals surface area contributed by atoms with Crippen LogP contribution in [0.3, 0.4) is 0 Å². The number of ether oxygens (including phenoxy) is 1. The first-order valence-corrected chi connectivity index (χ1v) is 5.26. The zero-order valence-corrected chi connectivity index (χ0v) is 10.00. The van der Waals surface area contributed by atoms with E-state index in [1.807, 2.05) is 13.0 Å². The average molecular weight is 268 g/mol. The van der Waals surface area contributed by atoms with Gasteiger partial charge in [-0.05, 0) is 35.0 Å².